The maximum Gasteiger partial charge on any atom is 0.262 e. The van der Waals surface area contributed by atoms with Gasteiger partial charge in [0.1, 0.15) is 11.6 Å². The number of aryl methyl sites for hydroxylation is 1. The number of aromatic nitrogens is 1. The Morgan fingerprint density at radius 3 is 2.95 bits per heavy atom. The van der Waals surface area contributed by atoms with Gasteiger partial charge in [-0.25, -0.2) is 4.39 Å². The molecule has 0 saturated carbocycles. The van der Waals surface area contributed by atoms with Gasteiger partial charge in [-0.3, -0.25) is 4.79 Å². The number of amides is 1. The predicted octanol–water partition coefficient (Wildman–Crippen LogP) is 2.79. The standard InChI is InChI=1S/C12H10ClFN2O3/c1-7-4-12(16-19-7)18-6-11(17)15-8-2-3-10(14)9(13)5-8/h2-5H,6H2,1H3,(H,15,17). The molecule has 5 nitrogen and oxygen atoms in total. The summed E-state index contributed by atoms with van der Waals surface area (Å²) in [5.74, 6) is -0.150. The molecule has 19 heavy (non-hydrogen) atoms. The van der Waals surface area contributed by atoms with E-state index in [2.05, 4.69) is 10.5 Å². The van der Waals surface area contributed by atoms with E-state index in [0.717, 1.165) is 0 Å². The molecule has 0 radical (unpaired) electrons. The lowest BCUT2D eigenvalue weighted by Crippen LogP contribution is -2.20. The molecule has 100 valence electrons. The zero-order valence-electron chi connectivity index (χ0n) is 9.94. The number of hydrogen-bond donors (Lipinski definition) is 1. The third-order valence-corrected chi connectivity index (χ3v) is 2.45. The van der Waals surface area contributed by atoms with Crippen molar-refractivity contribution in [3.8, 4) is 5.88 Å². The number of carbonyl (C=O) groups excluding carboxylic acids is 1. The van der Waals surface area contributed by atoms with Crippen LogP contribution >= 0.6 is 11.6 Å². The van der Waals surface area contributed by atoms with Crippen LogP contribution in [0.25, 0.3) is 0 Å². The second kappa shape index (κ2) is 5.71. The predicted molar refractivity (Wildman–Crippen MR) is 66.8 cm³/mol. The minimum absolute atomic E-state index is 0.0640. The van der Waals surface area contributed by atoms with Gasteiger partial charge in [0.05, 0.1) is 5.02 Å². The van der Waals surface area contributed by atoms with Gasteiger partial charge in [-0.1, -0.05) is 11.6 Å². The van der Waals surface area contributed by atoms with E-state index in [1.165, 1.54) is 18.2 Å². The molecule has 1 N–H and O–H groups in total. The molecular weight excluding hydrogens is 275 g/mol. The van der Waals surface area contributed by atoms with Gasteiger partial charge in [-0.05, 0) is 30.3 Å². The first-order chi connectivity index (χ1) is 9.04. The number of anilines is 1. The normalized spacial score (nSPS) is 10.3. The van der Waals surface area contributed by atoms with Crippen molar-refractivity contribution in [3.05, 3.63) is 40.9 Å². The number of halogens is 2. The van der Waals surface area contributed by atoms with Crippen LogP contribution in [0, 0.1) is 12.7 Å². The molecule has 2 aromatic rings. The third-order valence-electron chi connectivity index (χ3n) is 2.16. The summed E-state index contributed by atoms with van der Waals surface area (Å²) in [4.78, 5) is 11.6. The summed E-state index contributed by atoms with van der Waals surface area (Å²) in [6, 6.07) is 5.44. The fourth-order valence-corrected chi connectivity index (χ4v) is 1.50. The summed E-state index contributed by atoms with van der Waals surface area (Å²) in [5.41, 5.74) is 0.385. The van der Waals surface area contributed by atoms with E-state index in [0.29, 0.717) is 11.4 Å². The summed E-state index contributed by atoms with van der Waals surface area (Å²) >= 11 is 5.59. The topological polar surface area (TPSA) is 64.4 Å². The van der Waals surface area contributed by atoms with E-state index in [9.17, 15) is 9.18 Å². The van der Waals surface area contributed by atoms with E-state index in [1.807, 2.05) is 0 Å². The summed E-state index contributed by atoms with van der Waals surface area (Å²) < 4.78 is 22.8. The zero-order chi connectivity index (χ0) is 13.8. The highest BCUT2D eigenvalue weighted by Gasteiger charge is 2.08. The van der Waals surface area contributed by atoms with E-state index >= 15 is 0 Å². The van der Waals surface area contributed by atoms with Crippen LogP contribution in [-0.2, 0) is 4.79 Å². The second-order valence-corrected chi connectivity index (χ2v) is 4.15. The van der Waals surface area contributed by atoms with Gasteiger partial charge >= 0.3 is 0 Å². The molecule has 1 aromatic carbocycles. The molecule has 0 bridgehead atoms. The van der Waals surface area contributed by atoms with Crippen LogP contribution in [0.2, 0.25) is 5.02 Å². The van der Waals surface area contributed by atoms with Crippen molar-refractivity contribution in [1.29, 1.82) is 0 Å². The Morgan fingerprint density at radius 1 is 1.53 bits per heavy atom. The Hall–Kier alpha value is -2.08. The van der Waals surface area contributed by atoms with E-state index in [1.54, 1.807) is 13.0 Å². The zero-order valence-corrected chi connectivity index (χ0v) is 10.7. The highest BCUT2D eigenvalue weighted by Crippen LogP contribution is 2.19. The van der Waals surface area contributed by atoms with Crippen molar-refractivity contribution in [2.45, 2.75) is 6.92 Å². The Kier molecular flexibility index (Phi) is 4.01. The first-order valence-corrected chi connectivity index (χ1v) is 5.73. The first-order valence-electron chi connectivity index (χ1n) is 5.35. The van der Waals surface area contributed by atoms with Crippen molar-refractivity contribution in [1.82, 2.24) is 5.16 Å². The number of hydrogen-bond acceptors (Lipinski definition) is 4. The monoisotopic (exact) mass is 284 g/mol. The van der Waals surface area contributed by atoms with Gasteiger partial charge in [-0.2, -0.15) is 0 Å². The number of benzene rings is 1. The summed E-state index contributed by atoms with van der Waals surface area (Å²) in [5, 5.41) is 6.02. The summed E-state index contributed by atoms with van der Waals surface area (Å²) in [7, 11) is 0. The minimum Gasteiger partial charge on any atom is -0.465 e. The van der Waals surface area contributed by atoms with Gasteiger partial charge in [0.2, 0.25) is 0 Å². The smallest absolute Gasteiger partial charge is 0.262 e. The van der Waals surface area contributed by atoms with E-state index < -0.39 is 11.7 Å². The molecule has 0 saturated heterocycles. The van der Waals surface area contributed by atoms with Gasteiger partial charge in [-0.15, -0.1) is 0 Å². The maximum absolute atomic E-state index is 12.9. The summed E-state index contributed by atoms with van der Waals surface area (Å²) in [6.45, 7) is 1.47. The van der Waals surface area contributed by atoms with Gasteiger partial charge < -0.3 is 14.6 Å². The molecule has 0 unspecified atom stereocenters. The van der Waals surface area contributed by atoms with Crippen LogP contribution in [0.1, 0.15) is 5.76 Å². The van der Waals surface area contributed by atoms with Crippen LogP contribution in [0.3, 0.4) is 0 Å². The number of nitrogens with zero attached hydrogens (tertiary/aromatic N) is 1. The molecule has 0 spiro atoms. The largest absolute Gasteiger partial charge is 0.465 e. The fourth-order valence-electron chi connectivity index (χ4n) is 1.32. The number of rotatable bonds is 4. The molecule has 1 heterocycles. The Morgan fingerprint density at radius 2 is 2.32 bits per heavy atom. The van der Waals surface area contributed by atoms with Crippen LogP contribution in [0.4, 0.5) is 10.1 Å². The molecule has 1 aromatic heterocycles. The molecule has 0 fully saturated rings. The highest BCUT2D eigenvalue weighted by atomic mass is 35.5. The van der Waals surface area contributed by atoms with E-state index in [-0.39, 0.29) is 17.5 Å². The van der Waals surface area contributed by atoms with Crippen molar-refractivity contribution in [2.75, 3.05) is 11.9 Å². The summed E-state index contributed by atoms with van der Waals surface area (Å²) in [6.07, 6.45) is 0. The lowest BCUT2D eigenvalue weighted by atomic mass is 10.3. The van der Waals surface area contributed by atoms with Crippen molar-refractivity contribution < 1.29 is 18.4 Å². The van der Waals surface area contributed by atoms with Crippen molar-refractivity contribution in [3.63, 3.8) is 0 Å². The molecule has 7 heteroatoms. The molecule has 0 aliphatic carbocycles. The average molecular weight is 285 g/mol. The van der Waals surface area contributed by atoms with Crippen molar-refractivity contribution in [2.24, 2.45) is 0 Å². The van der Waals surface area contributed by atoms with Gasteiger partial charge in [0.25, 0.3) is 11.8 Å². The molecule has 0 aliphatic heterocycles. The third kappa shape index (κ3) is 3.69. The van der Waals surface area contributed by atoms with Crippen LogP contribution in [-0.4, -0.2) is 17.7 Å². The van der Waals surface area contributed by atoms with Crippen LogP contribution in [0.5, 0.6) is 5.88 Å². The minimum atomic E-state index is -0.547. The molecule has 0 atom stereocenters. The second-order valence-electron chi connectivity index (χ2n) is 3.74. The molecular formula is C12H10ClFN2O3. The van der Waals surface area contributed by atoms with Crippen LogP contribution in [0.15, 0.2) is 28.8 Å². The lowest BCUT2D eigenvalue weighted by Gasteiger charge is -2.06. The highest BCUT2D eigenvalue weighted by molar-refractivity contribution is 6.31. The Balaban J connectivity index is 1.88. The molecule has 1 amide bonds. The van der Waals surface area contributed by atoms with Gasteiger partial charge in [0.15, 0.2) is 6.61 Å². The number of nitrogens with one attached hydrogen (secondary N) is 1. The van der Waals surface area contributed by atoms with Gasteiger partial charge in [0, 0.05) is 11.8 Å². The van der Waals surface area contributed by atoms with Crippen molar-refractivity contribution >= 4 is 23.2 Å². The molecule has 0 aliphatic rings. The van der Waals surface area contributed by atoms with E-state index in [4.69, 9.17) is 20.9 Å². The van der Waals surface area contributed by atoms with Crippen LogP contribution < -0.4 is 10.1 Å². The average Bonchev–Trinajstić information content (AvgIpc) is 2.77. The molecule has 2 rings (SSSR count). The number of carbonyl (C=O) groups is 1. The maximum atomic E-state index is 12.9. The lowest BCUT2D eigenvalue weighted by molar-refractivity contribution is -0.118. The first kappa shape index (κ1) is 13.4. The fraction of sp³-hybridized carbons (Fsp3) is 0.167. The Labute approximate surface area is 113 Å². The quantitative estimate of drug-likeness (QED) is 0.937. The number of ether oxygens (including phenoxy) is 1. The SMILES string of the molecule is Cc1cc(OCC(=O)Nc2ccc(F)c(Cl)c2)no1. The Bertz CT molecular complexity index is 600.